The van der Waals surface area contributed by atoms with E-state index in [0.29, 0.717) is 17.8 Å². The Balaban J connectivity index is 2.64. The molecule has 3 atom stereocenters. The highest BCUT2D eigenvalue weighted by molar-refractivity contribution is 6.31. The second-order valence-corrected chi connectivity index (χ2v) is 5.13. The summed E-state index contributed by atoms with van der Waals surface area (Å²) in [6.07, 6.45) is 2.90. The minimum Gasteiger partial charge on any atom is -0.455 e. The van der Waals surface area contributed by atoms with Gasteiger partial charge in [0.25, 0.3) is 0 Å². The van der Waals surface area contributed by atoms with E-state index in [4.69, 9.17) is 10.5 Å². The first-order valence-electron chi connectivity index (χ1n) is 5.92. The monoisotopic (exact) mass is 227 g/mol. The molecule has 1 saturated carbocycles. The number of nitrogens with two attached hydrogens (primary N) is 1. The van der Waals surface area contributed by atoms with Crippen molar-refractivity contribution < 1.29 is 14.3 Å². The van der Waals surface area contributed by atoms with Gasteiger partial charge in [-0.15, -0.1) is 0 Å². The number of rotatable bonds is 2. The third kappa shape index (κ3) is 3.22. The number of carbonyl (C=O) groups excluding carboxylic acids is 2. The van der Waals surface area contributed by atoms with Crippen LogP contribution in [0.4, 0.5) is 0 Å². The molecule has 0 aromatic rings. The Morgan fingerprint density at radius 1 is 1.31 bits per heavy atom. The highest BCUT2D eigenvalue weighted by Crippen LogP contribution is 2.35. The minimum absolute atomic E-state index is 0.149. The van der Waals surface area contributed by atoms with Crippen molar-refractivity contribution in [1.82, 2.24) is 0 Å². The topological polar surface area (TPSA) is 69.4 Å². The lowest BCUT2D eigenvalue weighted by Crippen LogP contribution is -2.39. The minimum atomic E-state index is -0.999. The fourth-order valence-electron chi connectivity index (χ4n) is 2.45. The summed E-state index contributed by atoms with van der Waals surface area (Å²) in [7, 11) is 0. The SMILES string of the molecule is CC1CCC(C(C)C)C(OC(=O)C(N)=O)C1. The van der Waals surface area contributed by atoms with Crippen LogP contribution in [0.1, 0.15) is 40.0 Å². The Labute approximate surface area is 96.5 Å². The molecule has 3 unspecified atom stereocenters. The third-order valence-electron chi connectivity index (χ3n) is 3.42. The van der Waals surface area contributed by atoms with Crippen molar-refractivity contribution in [1.29, 1.82) is 0 Å². The predicted molar refractivity (Wildman–Crippen MR) is 60.4 cm³/mol. The van der Waals surface area contributed by atoms with E-state index >= 15 is 0 Å². The number of ether oxygens (including phenoxy) is 1. The number of esters is 1. The Bertz CT molecular complexity index is 275. The summed E-state index contributed by atoms with van der Waals surface area (Å²) in [5.74, 6) is -0.552. The molecule has 0 heterocycles. The molecular formula is C12H21NO3. The molecule has 92 valence electrons. The van der Waals surface area contributed by atoms with Gasteiger partial charge in [-0.25, -0.2) is 4.79 Å². The van der Waals surface area contributed by atoms with Gasteiger partial charge in [-0.3, -0.25) is 4.79 Å². The van der Waals surface area contributed by atoms with E-state index < -0.39 is 11.9 Å². The lowest BCUT2D eigenvalue weighted by atomic mass is 9.75. The maximum Gasteiger partial charge on any atom is 0.396 e. The average Bonchev–Trinajstić information content (AvgIpc) is 2.16. The average molecular weight is 227 g/mol. The van der Waals surface area contributed by atoms with Crippen molar-refractivity contribution in [2.75, 3.05) is 0 Å². The van der Waals surface area contributed by atoms with Crippen molar-refractivity contribution in [2.24, 2.45) is 23.5 Å². The Morgan fingerprint density at radius 3 is 2.44 bits per heavy atom. The van der Waals surface area contributed by atoms with E-state index in [2.05, 4.69) is 20.8 Å². The molecule has 0 aromatic carbocycles. The highest BCUT2D eigenvalue weighted by Gasteiger charge is 2.34. The number of carbonyl (C=O) groups is 2. The fraction of sp³-hybridized carbons (Fsp3) is 0.833. The molecule has 1 aliphatic rings. The number of amides is 1. The summed E-state index contributed by atoms with van der Waals surface area (Å²) in [5.41, 5.74) is 4.90. The lowest BCUT2D eigenvalue weighted by Gasteiger charge is -2.36. The fourth-order valence-corrected chi connectivity index (χ4v) is 2.45. The first-order chi connectivity index (χ1) is 7.41. The summed E-state index contributed by atoms with van der Waals surface area (Å²) in [5, 5.41) is 0. The van der Waals surface area contributed by atoms with Crippen LogP contribution in [-0.4, -0.2) is 18.0 Å². The van der Waals surface area contributed by atoms with E-state index in [1.54, 1.807) is 0 Å². The van der Waals surface area contributed by atoms with E-state index in [0.717, 1.165) is 19.3 Å². The summed E-state index contributed by atoms with van der Waals surface area (Å²) in [4.78, 5) is 21.9. The summed E-state index contributed by atoms with van der Waals surface area (Å²) in [6, 6.07) is 0. The van der Waals surface area contributed by atoms with Crippen LogP contribution >= 0.6 is 0 Å². The summed E-state index contributed by atoms with van der Waals surface area (Å²) in [6.45, 7) is 6.37. The van der Waals surface area contributed by atoms with Crippen LogP contribution in [0.2, 0.25) is 0 Å². The van der Waals surface area contributed by atoms with Gasteiger partial charge in [0.15, 0.2) is 0 Å². The largest absolute Gasteiger partial charge is 0.455 e. The van der Waals surface area contributed by atoms with Crippen molar-refractivity contribution >= 4 is 11.9 Å². The molecule has 2 N–H and O–H groups in total. The molecule has 0 aliphatic heterocycles. The molecule has 0 aromatic heterocycles. The molecule has 0 saturated heterocycles. The normalized spacial score (nSPS) is 30.1. The second kappa shape index (κ2) is 5.32. The van der Waals surface area contributed by atoms with Gasteiger partial charge >= 0.3 is 11.9 Å². The van der Waals surface area contributed by atoms with Crippen molar-refractivity contribution in [2.45, 2.75) is 46.1 Å². The molecule has 1 fully saturated rings. The standard InChI is InChI=1S/C12H21NO3/c1-7(2)9-5-4-8(3)6-10(9)16-12(15)11(13)14/h7-10H,4-6H2,1-3H3,(H2,13,14). The predicted octanol–water partition coefficient (Wildman–Crippen LogP) is 1.48. The third-order valence-corrected chi connectivity index (χ3v) is 3.42. The molecule has 4 heteroatoms. The molecule has 1 rings (SSSR count). The first-order valence-corrected chi connectivity index (χ1v) is 5.92. The number of hydrogen-bond donors (Lipinski definition) is 1. The summed E-state index contributed by atoms with van der Waals surface area (Å²) >= 11 is 0. The van der Waals surface area contributed by atoms with Gasteiger partial charge in [0, 0.05) is 0 Å². The summed E-state index contributed by atoms with van der Waals surface area (Å²) < 4.78 is 5.18. The van der Waals surface area contributed by atoms with Gasteiger partial charge in [-0.05, 0) is 30.6 Å². The van der Waals surface area contributed by atoms with Crippen molar-refractivity contribution in [3.05, 3.63) is 0 Å². The van der Waals surface area contributed by atoms with Crippen molar-refractivity contribution in [3.63, 3.8) is 0 Å². The number of hydrogen-bond acceptors (Lipinski definition) is 3. The van der Waals surface area contributed by atoms with Gasteiger partial charge in [-0.2, -0.15) is 0 Å². The van der Waals surface area contributed by atoms with Crippen LogP contribution in [0.15, 0.2) is 0 Å². The second-order valence-electron chi connectivity index (χ2n) is 5.13. The van der Waals surface area contributed by atoms with Gasteiger partial charge in [0.05, 0.1) is 0 Å². The van der Waals surface area contributed by atoms with Crippen LogP contribution in [0.3, 0.4) is 0 Å². The molecule has 0 radical (unpaired) electrons. The zero-order chi connectivity index (χ0) is 12.3. The molecule has 0 spiro atoms. The Hall–Kier alpha value is -1.06. The van der Waals surface area contributed by atoms with Crippen molar-refractivity contribution in [3.8, 4) is 0 Å². The maximum absolute atomic E-state index is 11.2. The van der Waals surface area contributed by atoms with Crippen LogP contribution in [0, 0.1) is 17.8 Å². The van der Waals surface area contributed by atoms with Crippen LogP contribution in [-0.2, 0) is 14.3 Å². The zero-order valence-electron chi connectivity index (χ0n) is 10.2. The van der Waals surface area contributed by atoms with Crippen LogP contribution in [0.5, 0.6) is 0 Å². The molecule has 0 bridgehead atoms. The first kappa shape index (κ1) is 13.0. The van der Waals surface area contributed by atoms with E-state index in [-0.39, 0.29) is 6.10 Å². The van der Waals surface area contributed by atoms with E-state index in [1.165, 1.54) is 0 Å². The van der Waals surface area contributed by atoms with Crippen LogP contribution < -0.4 is 5.73 Å². The molecule has 16 heavy (non-hydrogen) atoms. The Kier molecular flexibility index (Phi) is 4.33. The quantitative estimate of drug-likeness (QED) is 0.573. The molecule has 1 amide bonds. The zero-order valence-corrected chi connectivity index (χ0v) is 10.2. The molecular weight excluding hydrogens is 206 g/mol. The van der Waals surface area contributed by atoms with Gasteiger partial charge in [-0.1, -0.05) is 27.2 Å². The number of primary amides is 1. The highest BCUT2D eigenvalue weighted by atomic mass is 16.5. The molecule has 1 aliphatic carbocycles. The smallest absolute Gasteiger partial charge is 0.396 e. The lowest BCUT2D eigenvalue weighted by molar-refractivity contribution is -0.162. The Morgan fingerprint density at radius 2 is 1.94 bits per heavy atom. The van der Waals surface area contributed by atoms with Crippen LogP contribution in [0.25, 0.3) is 0 Å². The van der Waals surface area contributed by atoms with Gasteiger partial charge < -0.3 is 10.5 Å². The van der Waals surface area contributed by atoms with Gasteiger partial charge in [0.2, 0.25) is 0 Å². The van der Waals surface area contributed by atoms with E-state index in [1.807, 2.05) is 0 Å². The molecule has 4 nitrogen and oxygen atoms in total. The maximum atomic E-state index is 11.2. The van der Waals surface area contributed by atoms with Gasteiger partial charge in [0.1, 0.15) is 6.10 Å². The van der Waals surface area contributed by atoms with E-state index in [9.17, 15) is 9.59 Å².